The van der Waals surface area contributed by atoms with E-state index in [0.717, 1.165) is 35.0 Å². The summed E-state index contributed by atoms with van der Waals surface area (Å²) in [7, 11) is 3.57. The minimum Gasteiger partial charge on any atom is -0.497 e. The second-order valence-corrected chi connectivity index (χ2v) is 8.97. The Kier molecular flexibility index (Phi) is 7.51. The molecule has 0 bridgehead atoms. The summed E-state index contributed by atoms with van der Waals surface area (Å²) in [4.78, 5) is 18.5. The molecule has 0 aliphatic carbocycles. The molecule has 0 spiro atoms. The maximum absolute atomic E-state index is 12.0. The van der Waals surface area contributed by atoms with E-state index in [4.69, 9.17) is 4.74 Å². The van der Waals surface area contributed by atoms with Crippen molar-refractivity contribution in [2.75, 3.05) is 26.7 Å². The van der Waals surface area contributed by atoms with E-state index in [0.29, 0.717) is 31.7 Å². The lowest BCUT2D eigenvalue weighted by atomic mass is 9.81. The molecule has 0 saturated carbocycles. The fraction of sp³-hybridized carbons (Fsp3) is 0.407. The number of fused-ring (bicyclic) bond motifs is 1. The van der Waals surface area contributed by atoms with E-state index in [-0.39, 0.29) is 5.92 Å². The van der Waals surface area contributed by atoms with Crippen molar-refractivity contribution in [3.63, 3.8) is 0 Å². The van der Waals surface area contributed by atoms with Crippen LogP contribution in [0, 0.1) is 23.7 Å². The lowest BCUT2D eigenvalue weighted by Gasteiger charge is -2.36. The number of hydrogen-bond acceptors (Lipinski definition) is 5. The van der Waals surface area contributed by atoms with Crippen LogP contribution in [-0.2, 0) is 11.8 Å². The zero-order valence-corrected chi connectivity index (χ0v) is 19.6. The number of carbonyl (C=O) groups is 1. The highest BCUT2D eigenvalue weighted by atomic mass is 16.5. The lowest BCUT2D eigenvalue weighted by Crippen LogP contribution is -2.44. The Hall–Kier alpha value is -3.34. The van der Waals surface area contributed by atoms with E-state index in [9.17, 15) is 15.0 Å². The number of pyridine rings is 1. The second-order valence-electron chi connectivity index (χ2n) is 8.97. The number of piperidine rings is 1. The average Bonchev–Trinajstić information content (AvgIpc) is 3.26. The van der Waals surface area contributed by atoms with Gasteiger partial charge in [0.05, 0.1) is 31.2 Å². The van der Waals surface area contributed by atoms with Gasteiger partial charge in [0.2, 0.25) is 0 Å². The van der Waals surface area contributed by atoms with Crippen molar-refractivity contribution in [3.8, 4) is 17.6 Å². The van der Waals surface area contributed by atoms with Crippen molar-refractivity contribution in [3.05, 3.63) is 60.0 Å². The topological polar surface area (TPSA) is 87.8 Å². The number of methoxy groups -OCH3 is 1. The van der Waals surface area contributed by atoms with Crippen LogP contribution in [0.15, 0.2) is 48.9 Å². The number of aromatic nitrogens is 2. The summed E-state index contributed by atoms with van der Waals surface area (Å²) in [5, 5.41) is 21.7. The van der Waals surface area contributed by atoms with Gasteiger partial charge in [0.1, 0.15) is 5.75 Å². The zero-order valence-electron chi connectivity index (χ0n) is 19.6. The molecule has 1 fully saturated rings. The van der Waals surface area contributed by atoms with Gasteiger partial charge in [-0.3, -0.25) is 14.7 Å². The van der Waals surface area contributed by atoms with Gasteiger partial charge < -0.3 is 19.5 Å². The highest BCUT2D eigenvalue weighted by molar-refractivity contribution is 5.83. The Labute approximate surface area is 200 Å². The van der Waals surface area contributed by atoms with Crippen molar-refractivity contribution in [1.82, 2.24) is 14.5 Å². The minimum atomic E-state index is -0.778. The number of aliphatic carboxylic acids is 1. The van der Waals surface area contributed by atoms with Crippen LogP contribution in [0.1, 0.15) is 36.5 Å². The smallest absolute Gasteiger partial charge is 0.308 e. The summed E-state index contributed by atoms with van der Waals surface area (Å²) in [6.45, 7) is 1.84. The van der Waals surface area contributed by atoms with E-state index in [2.05, 4.69) is 21.7 Å². The summed E-state index contributed by atoms with van der Waals surface area (Å²) in [5.41, 5.74) is 2.55. The number of ether oxygens (including phenoxy) is 1. The number of hydrogen-bond donors (Lipinski definition) is 2. The summed E-state index contributed by atoms with van der Waals surface area (Å²) in [5.74, 6) is 5.80. The largest absolute Gasteiger partial charge is 0.497 e. The Balaban J connectivity index is 1.38. The van der Waals surface area contributed by atoms with Crippen molar-refractivity contribution < 1.29 is 19.7 Å². The molecule has 3 atom stereocenters. The normalized spacial score (nSPS) is 19.4. The molecule has 7 nitrogen and oxygen atoms in total. The van der Waals surface area contributed by atoms with Gasteiger partial charge in [-0.15, -0.1) is 0 Å². The summed E-state index contributed by atoms with van der Waals surface area (Å²) < 4.78 is 7.28. The van der Waals surface area contributed by atoms with Gasteiger partial charge in [-0.1, -0.05) is 11.8 Å². The summed E-state index contributed by atoms with van der Waals surface area (Å²) in [6.07, 6.45) is 6.85. The maximum atomic E-state index is 12.0. The maximum Gasteiger partial charge on any atom is 0.308 e. The van der Waals surface area contributed by atoms with Crippen LogP contribution in [0.3, 0.4) is 0 Å². The van der Waals surface area contributed by atoms with Crippen molar-refractivity contribution >= 4 is 16.9 Å². The van der Waals surface area contributed by atoms with E-state index >= 15 is 0 Å². The number of rotatable bonds is 7. The van der Waals surface area contributed by atoms with Crippen LogP contribution in [-0.4, -0.2) is 57.4 Å². The van der Waals surface area contributed by atoms with Gasteiger partial charge in [-0.25, -0.2) is 0 Å². The van der Waals surface area contributed by atoms with E-state index in [1.165, 1.54) is 0 Å². The van der Waals surface area contributed by atoms with E-state index in [1.807, 2.05) is 54.3 Å². The SMILES string of the molecule is COc1ccc2nccc([C@H](O)CC[C@@H]3CCN(CC#Cc4ccn(C)c4)C[C@@H]3C(=O)O)c2c1. The van der Waals surface area contributed by atoms with Crippen LogP contribution in [0.2, 0.25) is 0 Å². The monoisotopic (exact) mass is 461 g/mol. The molecule has 1 aliphatic rings. The summed E-state index contributed by atoms with van der Waals surface area (Å²) >= 11 is 0. The molecule has 0 radical (unpaired) electrons. The molecule has 1 aromatic carbocycles. The van der Waals surface area contributed by atoms with Gasteiger partial charge in [-0.2, -0.15) is 0 Å². The van der Waals surface area contributed by atoms with Crippen LogP contribution < -0.4 is 4.74 Å². The number of carboxylic acids is 1. The first-order valence-corrected chi connectivity index (χ1v) is 11.6. The fourth-order valence-electron chi connectivity index (χ4n) is 4.76. The molecule has 3 aromatic rings. The van der Waals surface area contributed by atoms with Crippen LogP contribution in [0.25, 0.3) is 10.9 Å². The number of benzene rings is 1. The third-order valence-electron chi connectivity index (χ3n) is 6.68. The van der Waals surface area contributed by atoms with Gasteiger partial charge >= 0.3 is 5.97 Å². The third kappa shape index (κ3) is 5.58. The molecule has 1 saturated heterocycles. The van der Waals surface area contributed by atoms with Gasteiger partial charge in [0, 0.05) is 43.1 Å². The molecule has 4 rings (SSSR count). The molecule has 178 valence electrons. The zero-order chi connectivity index (χ0) is 24.1. The number of nitrogens with zero attached hydrogens (tertiary/aromatic N) is 3. The number of carboxylic acid groups (broad SMARTS) is 1. The lowest BCUT2D eigenvalue weighted by molar-refractivity contribution is -0.146. The standard InChI is InChI=1S/C27H31N3O4/c1-29-14-10-19(17-29)4-3-13-30-15-11-20(24(18-30)27(32)33)5-8-26(31)22-9-12-28-25-7-6-21(34-2)16-23(22)25/h6-7,9-10,12,14,16-17,20,24,26,31H,5,8,11,13,15,18H2,1-2H3,(H,32,33)/t20-,24+,26-/m1/s1. The molecule has 7 heteroatoms. The number of aryl methyl sites for hydroxylation is 1. The predicted octanol–water partition coefficient (Wildman–Crippen LogP) is 3.47. The Bertz CT molecular complexity index is 1210. The van der Waals surface area contributed by atoms with Crippen molar-refractivity contribution in [1.29, 1.82) is 0 Å². The first-order valence-electron chi connectivity index (χ1n) is 11.6. The Morgan fingerprint density at radius 1 is 1.32 bits per heavy atom. The van der Waals surface area contributed by atoms with E-state index in [1.54, 1.807) is 13.3 Å². The predicted molar refractivity (Wildman–Crippen MR) is 130 cm³/mol. The molecule has 0 amide bonds. The van der Waals surface area contributed by atoms with Crippen LogP contribution in [0.4, 0.5) is 0 Å². The number of aliphatic hydroxyl groups excluding tert-OH is 1. The molecule has 2 N–H and O–H groups in total. The summed E-state index contributed by atoms with van der Waals surface area (Å²) in [6, 6.07) is 9.40. The number of likely N-dealkylation sites (tertiary alicyclic amines) is 1. The fourth-order valence-corrected chi connectivity index (χ4v) is 4.76. The highest BCUT2D eigenvalue weighted by Gasteiger charge is 2.34. The molecular weight excluding hydrogens is 430 g/mol. The first kappa shape index (κ1) is 23.8. The number of aliphatic hydroxyl groups is 1. The molecule has 2 aromatic heterocycles. The molecule has 3 heterocycles. The van der Waals surface area contributed by atoms with Gasteiger partial charge in [-0.05, 0) is 67.6 Å². The first-order chi connectivity index (χ1) is 16.4. The van der Waals surface area contributed by atoms with E-state index < -0.39 is 18.0 Å². The quantitative estimate of drug-likeness (QED) is 0.524. The van der Waals surface area contributed by atoms with Crippen molar-refractivity contribution in [2.24, 2.45) is 18.9 Å². The Morgan fingerprint density at radius 2 is 2.18 bits per heavy atom. The molecule has 0 unspecified atom stereocenters. The van der Waals surface area contributed by atoms with Gasteiger partial charge in [0.25, 0.3) is 0 Å². The average molecular weight is 462 g/mol. The minimum absolute atomic E-state index is 0.0214. The van der Waals surface area contributed by atoms with Crippen molar-refractivity contribution in [2.45, 2.75) is 25.4 Å². The second kappa shape index (κ2) is 10.7. The molecule has 1 aliphatic heterocycles. The third-order valence-corrected chi connectivity index (χ3v) is 6.68. The van der Waals surface area contributed by atoms with Crippen LogP contribution in [0.5, 0.6) is 5.75 Å². The Morgan fingerprint density at radius 3 is 2.91 bits per heavy atom. The molecular formula is C27H31N3O4. The highest BCUT2D eigenvalue weighted by Crippen LogP contribution is 2.33. The van der Waals surface area contributed by atoms with Crippen LogP contribution >= 0.6 is 0 Å². The molecule has 34 heavy (non-hydrogen) atoms. The van der Waals surface area contributed by atoms with Gasteiger partial charge in [0.15, 0.2) is 0 Å².